The van der Waals surface area contributed by atoms with Crippen molar-refractivity contribution in [3.63, 3.8) is 0 Å². The van der Waals surface area contributed by atoms with E-state index in [0.29, 0.717) is 5.69 Å². The molecule has 5 nitrogen and oxygen atoms in total. The molecule has 4 N–H and O–H groups in total. The fraction of sp³-hybridized carbons (Fsp3) is 0.273. The molecule has 0 unspecified atom stereocenters. The van der Waals surface area contributed by atoms with Crippen LogP contribution in [-0.2, 0) is 16.0 Å². The average Bonchev–Trinajstić information content (AvgIpc) is 2.15. The Kier molecular flexibility index (Phi) is 3.88. The zero-order valence-corrected chi connectivity index (χ0v) is 8.93. The number of nitrogen functional groups attached to an aromatic ring is 1. The summed E-state index contributed by atoms with van der Waals surface area (Å²) in [6, 6.07) is 6.01. The van der Waals surface area contributed by atoms with E-state index in [9.17, 15) is 9.59 Å². The first-order valence-corrected chi connectivity index (χ1v) is 4.83. The normalized spacial score (nSPS) is 11.8. The van der Waals surface area contributed by atoms with Crippen LogP contribution in [-0.4, -0.2) is 23.0 Å². The lowest BCUT2D eigenvalue weighted by Crippen LogP contribution is -2.41. The van der Waals surface area contributed by atoms with Crippen molar-refractivity contribution in [1.82, 2.24) is 5.32 Å². The first kappa shape index (κ1) is 12.0. The molecule has 0 aliphatic carbocycles. The highest BCUT2D eigenvalue weighted by molar-refractivity contribution is 5.82. The van der Waals surface area contributed by atoms with Crippen molar-refractivity contribution in [1.29, 1.82) is 0 Å². The lowest BCUT2D eigenvalue weighted by Gasteiger charge is -2.13. The highest BCUT2D eigenvalue weighted by atomic mass is 16.4. The van der Waals surface area contributed by atoms with E-state index in [2.05, 4.69) is 5.32 Å². The van der Waals surface area contributed by atoms with Crippen LogP contribution in [0.15, 0.2) is 24.3 Å². The lowest BCUT2D eigenvalue weighted by atomic mass is 10.1. The van der Waals surface area contributed by atoms with E-state index in [1.807, 2.05) is 0 Å². The SMILES string of the molecule is CC(=O)N[C@@H](Cc1cccc(N)c1)C(=O)O. The van der Waals surface area contributed by atoms with Crippen molar-refractivity contribution in [2.45, 2.75) is 19.4 Å². The van der Waals surface area contributed by atoms with Crippen LogP contribution in [0.5, 0.6) is 0 Å². The molecule has 0 saturated carbocycles. The Morgan fingerprint density at radius 3 is 2.69 bits per heavy atom. The Morgan fingerprint density at radius 2 is 2.19 bits per heavy atom. The molecule has 16 heavy (non-hydrogen) atoms. The maximum Gasteiger partial charge on any atom is 0.326 e. The summed E-state index contributed by atoms with van der Waals surface area (Å²) in [6.07, 6.45) is 0.222. The van der Waals surface area contributed by atoms with Gasteiger partial charge in [-0.25, -0.2) is 4.79 Å². The standard InChI is InChI=1S/C11H14N2O3/c1-7(14)13-10(11(15)16)6-8-3-2-4-9(12)5-8/h2-5,10H,6,12H2,1H3,(H,13,14)(H,15,16)/t10-/m0/s1. The van der Waals surface area contributed by atoms with Gasteiger partial charge in [-0.2, -0.15) is 0 Å². The zero-order chi connectivity index (χ0) is 12.1. The van der Waals surface area contributed by atoms with Gasteiger partial charge in [0.05, 0.1) is 0 Å². The summed E-state index contributed by atoms with van der Waals surface area (Å²) in [7, 11) is 0. The summed E-state index contributed by atoms with van der Waals surface area (Å²) in [5.41, 5.74) is 6.93. The molecule has 0 bridgehead atoms. The number of nitrogens with two attached hydrogens (primary N) is 1. The maximum absolute atomic E-state index is 10.9. The van der Waals surface area contributed by atoms with E-state index in [0.717, 1.165) is 5.56 Å². The van der Waals surface area contributed by atoms with Gasteiger partial charge in [0.2, 0.25) is 5.91 Å². The van der Waals surface area contributed by atoms with Gasteiger partial charge in [0.1, 0.15) is 6.04 Å². The molecule has 0 aliphatic rings. The molecule has 1 atom stereocenters. The highest BCUT2D eigenvalue weighted by Gasteiger charge is 2.18. The molecule has 0 radical (unpaired) electrons. The third-order valence-corrected chi connectivity index (χ3v) is 2.07. The first-order chi connectivity index (χ1) is 7.49. The van der Waals surface area contributed by atoms with Crippen molar-refractivity contribution in [2.75, 3.05) is 5.73 Å². The number of amides is 1. The number of rotatable bonds is 4. The monoisotopic (exact) mass is 222 g/mol. The average molecular weight is 222 g/mol. The van der Waals surface area contributed by atoms with Crippen LogP contribution in [0.4, 0.5) is 5.69 Å². The molecular weight excluding hydrogens is 208 g/mol. The summed E-state index contributed by atoms with van der Waals surface area (Å²) >= 11 is 0. The molecule has 0 heterocycles. The van der Waals surface area contributed by atoms with Gasteiger partial charge in [-0.1, -0.05) is 12.1 Å². The molecule has 1 rings (SSSR count). The predicted octanol–water partition coefficient (Wildman–Crippen LogP) is 0.401. The van der Waals surface area contributed by atoms with Gasteiger partial charge in [0.25, 0.3) is 0 Å². The lowest BCUT2D eigenvalue weighted by molar-refractivity contribution is -0.141. The third kappa shape index (κ3) is 3.61. The quantitative estimate of drug-likeness (QED) is 0.643. The second kappa shape index (κ2) is 5.16. The minimum atomic E-state index is -1.06. The fourth-order valence-electron chi connectivity index (χ4n) is 1.40. The Balaban J connectivity index is 2.75. The van der Waals surface area contributed by atoms with E-state index in [1.165, 1.54) is 6.92 Å². The second-order valence-corrected chi connectivity index (χ2v) is 3.54. The molecule has 1 aromatic carbocycles. The van der Waals surface area contributed by atoms with E-state index >= 15 is 0 Å². The summed E-state index contributed by atoms with van der Waals surface area (Å²) in [5, 5.41) is 11.3. The number of carboxylic acid groups (broad SMARTS) is 1. The Labute approximate surface area is 93.3 Å². The van der Waals surface area contributed by atoms with Crippen LogP contribution in [0, 0.1) is 0 Å². The zero-order valence-electron chi connectivity index (χ0n) is 8.93. The number of hydrogen-bond acceptors (Lipinski definition) is 3. The second-order valence-electron chi connectivity index (χ2n) is 3.54. The van der Waals surface area contributed by atoms with Crippen LogP contribution < -0.4 is 11.1 Å². The van der Waals surface area contributed by atoms with Crippen LogP contribution in [0.25, 0.3) is 0 Å². The number of hydrogen-bond donors (Lipinski definition) is 3. The molecule has 5 heteroatoms. The molecule has 0 fully saturated rings. The molecular formula is C11H14N2O3. The van der Waals surface area contributed by atoms with Gasteiger partial charge in [-0.3, -0.25) is 4.79 Å². The number of anilines is 1. The first-order valence-electron chi connectivity index (χ1n) is 4.83. The summed E-state index contributed by atoms with van der Waals surface area (Å²) < 4.78 is 0. The van der Waals surface area contributed by atoms with E-state index in [4.69, 9.17) is 10.8 Å². The molecule has 1 aromatic rings. The number of carboxylic acids is 1. The Bertz CT molecular complexity index is 404. The fourth-order valence-corrected chi connectivity index (χ4v) is 1.40. The summed E-state index contributed by atoms with van der Waals surface area (Å²) in [6.45, 7) is 1.29. The number of nitrogens with one attached hydrogen (secondary N) is 1. The highest BCUT2D eigenvalue weighted by Crippen LogP contribution is 2.09. The topological polar surface area (TPSA) is 92.4 Å². The van der Waals surface area contributed by atoms with Crippen molar-refractivity contribution in [3.8, 4) is 0 Å². The minimum absolute atomic E-state index is 0.222. The number of carbonyl (C=O) groups excluding carboxylic acids is 1. The van der Waals surface area contributed by atoms with Gasteiger partial charge in [0, 0.05) is 19.0 Å². The smallest absolute Gasteiger partial charge is 0.326 e. The van der Waals surface area contributed by atoms with E-state index in [-0.39, 0.29) is 12.3 Å². The van der Waals surface area contributed by atoms with Crippen LogP contribution >= 0.6 is 0 Å². The molecule has 0 aromatic heterocycles. The number of benzene rings is 1. The van der Waals surface area contributed by atoms with E-state index < -0.39 is 12.0 Å². The van der Waals surface area contributed by atoms with Gasteiger partial charge >= 0.3 is 5.97 Å². The third-order valence-electron chi connectivity index (χ3n) is 2.07. The van der Waals surface area contributed by atoms with Crippen LogP contribution in [0.3, 0.4) is 0 Å². The van der Waals surface area contributed by atoms with Crippen molar-refractivity contribution >= 4 is 17.6 Å². The summed E-state index contributed by atoms with van der Waals surface area (Å²) in [5.74, 6) is -1.42. The summed E-state index contributed by atoms with van der Waals surface area (Å²) in [4.78, 5) is 21.7. The van der Waals surface area contributed by atoms with Gasteiger partial charge in [-0.15, -0.1) is 0 Å². The molecule has 0 saturated heterocycles. The van der Waals surface area contributed by atoms with Crippen LogP contribution in [0.2, 0.25) is 0 Å². The van der Waals surface area contributed by atoms with Gasteiger partial charge < -0.3 is 16.2 Å². The molecule has 86 valence electrons. The number of aliphatic carboxylic acids is 1. The Hall–Kier alpha value is -2.04. The van der Waals surface area contributed by atoms with Crippen molar-refractivity contribution in [3.05, 3.63) is 29.8 Å². The molecule has 1 amide bonds. The predicted molar refractivity (Wildman–Crippen MR) is 59.8 cm³/mol. The van der Waals surface area contributed by atoms with Gasteiger partial charge in [0.15, 0.2) is 0 Å². The van der Waals surface area contributed by atoms with Crippen molar-refractivity contribution < 1.29 is 14.7 Å². The molecule has 0 spiro atoms. The van der Waals surface area contributed by atoms with Gasteiger partial charge in [-0.05, 0) is 17.7 Å². The van der Waals surface area contributed by atoms with Crippen molar-refractivity contribution in [2.24, 2.45) is 0 Å². The largest absolute Gasteiger partial charge is 0.480 e. The minimum Gasteiger partial charge on any atom is -0.480 e. The maximum atomic E-state index is 10.9. The Morgan fingerprint density at radius 1 is 1.50 bits per heavy atom. The number of carbonyl (C=O) groups is 2. The van der Waals surface area contributed by atoms with Crippen LogP contribution in [0.1, 0.15) is 12.5 Å². The molecule has 0 aliphatic heterocycles. The van der Waals surface area contributed by atoms with E-state index in [1.54, 1.807) is 24.3 Å².